The highest BCUT2D eigenvalue weighted by atomic mass is 19.4. The Labute approximate surface area is 114 Å². The van der Waals surface area contributed by atoms with Gasteiger partial charge in [-0.15, -0.1) is 0 Å². The van der Waals surface area contributed by atoms with E-state index in [0.717, 1.165) is 6.07 Å². The molecule has 112 valence electrons. The van der Waals surface area contributed by atoms with E-state index >= 15 is 0 Å². The number of hydrogen-bond acceptors (Lipinski definition) is 3. The van der Waals surface area contributed by atoms with Crippen LogP contribution in [-0.4, -0.2) is 42.4 Å². The zero-order valence-electron chi connectivity index (χ0n) is 10.8. The van der Waals surface area contributed by atoms with Crippen molar-refractivity contribution < 1.29 is 22.7 Å². The van der Waals surface area contributed by atoms with Crippen molar-refractivity contribution in [3.05, 3.63) is 29.6 Å². The Balaban J connectivity index is 2.29. The van der Waals surface area contributed by atoms with Crippen LogP contribution in [0.15, 0.2) is 18.2 Å². The van der Waals surface area contributed by atoms with Crippen LogP contribution in [0.25, 0.3) is 0 Å². The number of aromatic hydroxyl groups is 1. The van der Waals surface area contributed by atoms with Gasteiger partial charge in [-0.25, -0.2) is 4.39 Å². The summed E-state index contributed by atoms with van der Waals surface area (Å²) in [5.74, 6) is -1.10. The van der Waals surface area contributed by atoms with E-state index in [0.29, 0.717) is 26.2 Å². The number of nitrogens with one attached hydrogen (secondary N) is 1. The van der Waals surface area contributed by atoms with Gasteiger partial charge >= 0.3 is 6.18 Å². The fraction of sp³-hybridized carbons (Fsp3) is 0.538. The summed E-state index contributed by atoms with van der Waals surface area (Å²) in [6.07, 6.45) is -5.48. The van der Waals surface area contributed by atoms with Gasteiger partial charge in [0.1, 0.15) is 11.6 Å². The molecule has 0 bridgehead atoms. The van der Waals surface area contributed by atoms with Gasteiger partial charge in [-0.1, -0.05) is 6.07 Å². The van der Waals surface area contributed by atoms with Crippen molar-refractivity contribution in [2.45, 2.75) is 18.6 Å². The number of nitrogens with zero attached hydrogens (tertiary/aromatic N) is 1. The summed E-state index contributed by atoms with van der Waals surface area (Å²) in [6.45, 7) is 2.02. The number of phenols is 1. The molecule has 1 aromatic carbocycles. The van der Waals surface area contributed by atoms with Crippen molar-refractivity contribution in [2.24, 2.45) is 0 Å². The van der Waals surface area contributed by atoms with Gasteiger partial charge < -0.3 is 10.4 Å². The Bertz CT molecular complexity index is 458. The molecule has 1 heterocycles. The molecule has 1 saturated heterocycles. The van der Waals surface area contributed by atoms with Crippen molar-refractivity contribution in [3.8, 4) is 5.75 Å². The highest BCUT2D eigenvalue weighted by Gasteiger charge is 2.37. The van der Waals surface area contributed by atoms with Crippen LogP contribution in [-0.2, 0) is 0 Å². The maximum Gasteiger partial charge on any atom is 0.390 e. The number of benzene rings is 1. The van der Waals surface area contributed by atoms with Gasteiger partial charge in [-0.2, -0.15) is 13.2 Å². The number of halogens is 4. The third-order valence-electron chi connectivity index (χ3n) is 3.36. The molecule has 0 aromatic heterocycles. The van der Waals surface area contributed by atoms with Gasteiger partial charge in [0.15, 0.2) is 0 Å². The first-order chi connectivity index (χ1) is 9.37. The Hall–Kier alpha value is -1.34. The molecule has 1 atom stereocenters. The van der Waals surface area contributed by atoms with E-state index in [2.05, 4.69) is 5.32 Å². The zero-order chi connectivity index (χ0) is 14.8. The molecular weight excluding hydrogens is 276 g/mol. The minimum atomic E-state index is -4.38. The van der Waals surface area contributed by atoms with E-state index in [1.54, 1.807) is 4.90 Å². The van der Waals surface area contributed by atoms with Crippen LogP contribution < -0.4 is 5.32 Å². The summed E-state index contributed by atoms with van der Waals surface area (Å²) < 4.78 is 52.1. The van der Waals surface area contributed by atoms with E-state index in [-0.39, 0.29) is 11.3 Å². The largest absolute Gasteiger partial charge is 0.508 e. The first kappa shape index (κ1) is 15.1. The fourth-order valence-electron chi connectivity index (χ4n) is 2.44. The predicted molar refractivity (Wildman–Crippen MR) is 65.9 cm³/mol. The maximum atomic E-state index is 13.9. The summed E-state index contributed by atoms with van der Waals surface area (Å²) in [6, 6.07) is 2.23. The third kappa shape index (κ3) is 3.83. The number of alkyl halides is 3. The van der Waals surface area contributed by atoms with E-state index < -0.39 is 24.5 Å². The van der Waals surface area contributed by atoms with Crippen LogP contribution in [0, 0.1) is 5.82 Å². The summed E-state index contributed by atoms with van der Waals surface area (Å²) in [5.41, 5.74) is -0.0259. The maximum absolute atomic E-state index is 13.9. The molecule has 0 saturated carbocycles. The molecule has 1 aromatic rings. The fourth-order valence-corrected chi connectivity index (χ4v) is 2.44. The van der Waals surface area contributed by atoms with Crippen molar-refractivity contribution in [1.82, 2.24) is 10.2 Å². The molecule has 0 spiro atoms. The van der Waals surface area contributed by atoms with Crippen LogP contribution >= 0.6 is 0 Å². The molecule has 1 aliphatic rings. The zero-order valence-corrected chi connectivity index (χ0v) is 10.8. The molecule has 0 unspecified atom stereocenters. The quantitative estimate of drug-likeness (QED) is 0.840. The average Bonchev–Trinajstić information content (AvgIpc) is 2.36. The summed E-state index contributed by atoms with van der Waals surface area (Å²) in [7, 11) is 0. The number of rotatable bonds is 3. The number of hydrogen-bond donors (Lipinski definition) is 2. The standard InChI is InChI=1S/C13H16F4N2O/c14-11-7-9(20)1-2-10(11)12(8-13(15,16)17)19-5-3-18-4-6-19/h1-2,7,12,18,20H,3-6,8H2/t12-/m1/s1. The lowest BCUT2D eigenvalue weighted by atomic mass is 10.00. The topological polar surface area (TPSA) is 35.5 Å². The second-order valence-corrected chi connectivity index (χ2v) is 4.83. The minimum Gasteiger partial charge on any atom is -0.508 e. The van der Waals surface area contributed by atoms with E-state index in [4.69, 9.17) is 0 Å². The predicted octanol–water partition coefficient (Wildman–Crippen LogP) is 2.43. The second-order valence-electron chi connectivity index (χ2n) is 4.83. The van der Waals surface area contributed by atoms with Crippen LogP contribution in [0.4, 0.5) is 17.6 Å². The monoisotopic (exact) mass is 292 g/mol. The Morgan fingerprint density at radius 2 is 1.90 bits per heavy atom. The highest BCUT2D eigenvalue weighted by molar-refractivity contribution is 5.30. The molecule has 0 aliphatic carbocycles. The minimum absolute atomic E-state index is 0.0259. The second kappa shape index (κ2) is 5.97. The summed E-state index contributed by atoms with van der Waals surface area (Å²) in [4.78, 5) is 1.62. The van der Waals surface area contributed by atoms with E-state index in [1.807, 2.05) is 0 Å². The lowest BCUT2D eigenvalue weighted by molar-refractivity contribution is -0.149. The third-order valence-corrected chi connectivity index (χ3v) is 3.36. The van der Waals surface area contributed by atoms with Gasteiger partial charge in [0, 0.05) is 43.9 Å². The number of piperazine rings is 1. The van der Waals surface area contributed by atoms with Crippen molar-refractivity contribution in [2.75, 3.05) is 26.2 Å². The van der Waals surface area contributed by atoms with Crippen molar-refractivity contribution in [1.29, 1.82) is 0 Å². The van der Waals surface area contributed by atoms with Gasteiger partial charge in [0.05, 0.1) is 6.42 Å². The molecule has 0 radical (unpaired) electrons. The first-order valence-electron chi connectivity index (χ1n) is 6.37. The SMILES string of the molecule is Oc1ccc([C@@H](CC(F)(F)F)N2CCNCC2)c(F)c1. The van der Waals surface area contributed by atoms with Crippen molar-refractivity contribution >= 4 is 0 Å². The molecule has 20 heavy (non-hydrogen) atoms. The Kier molecular flexibility index (Phi) is 4.49. The van der Waals surface area contributed by atoms with Crippen molar-refractivity contribution in [3.63, 3.8) is 0 Å². The molecular formula is C13H16F4N2O. The molecule has 0 amide bonds. The van der Waals surface area contributed by atoms with Gasteiger partial charge in [-0.3, -0.25) is 4.90 Å². The highest BCUT2D eigenvalue weighted by Crippen LogP contribution is 2.35. The molecule has 1 fully saturated rings. The number of phenolic OH excluding ortho intramolecular Hbond substituents is 1. The molecule has 2 N–H and O–H groups in total. The Morgan fingerprint density at radius 3 is 2.45 bits per heavy atom. The van der Waals surface area contributed by atoms with Crippen LogP contribution in [0.1, 0.15) is 18.0 Å². The summed E-state index contributed by atoms with van der Waals surface area (Å²) >= 11 is 0. The Morgan fingerprint density at radius 1 is 1.25 bits per heavy atom. The van der Waals surface area contributed by atoms with Crippen LogP contribution in [0.2, 0.25) is 0 Å². The van der Waals surface area contributed by atoms with Gasteiger partial charge in [-0.05, 0) is 6.07 Å². The van der Waals surface area contributed by atoms with Crippen LogP contribution in [0.5, 0.6) is 5.75 Å². The smallest absolute Gasteiger partial charge is 0.390 e. The normalized spacial score (nSPS) is 19.0. The first-order valence-corrected chi connectivity index (χ1v) is 6.37. The molecule has 3 nitrogen and oxygen atoms in total. The van der Waals surface area contributed by atoms with E-state index in [1.165, 1.54) is 12.1 Å². The lowest BCUT2D eigenvalue weighted by Gasteiger charge is -2.35. The van der Waals surface area contributed by atoms with Gasteiger partial charge in [0.2, 0.25) is 0 Å². The molecule has 2 rings (SSSR count). The average molecular weight is 292 g/mol. The summed E-state index contributed by atoms with van der Waals surface area (Å²) in [5, 5.41) is 12.2. The molecule has 7 heteroatoms. The van der Waals surface area contributed by atoms with E-state index in [9.17, 15) is 22.7 Å². The molecule has 1 aliphatic heterocycles. The van der Waals surface area contributed by atoms with Crippen LogP contribution in [0.3, 0.4) is 0 Å². The van der Waals surface area contributed by atoms with Gasteiger partial charge in [0.25, 0.3) is 0 Å². The lowest BCUT2D eigenvalue weighted by Crippen LogP contribution is -2.46.